The van der Waals surface area contributed by atoms with Gasteiger partial charge in [0.25, 0.3) is 0 Å². The van der Waals surface area contributed by atoms with E-state index in [9.17, 15) is 0 Å². The van der Waals surface area contributed by atoms with Crippen LogP contribution < -0.4 is 5.73 Å². The molecule has 2 rings (SSSR count). The molecule has 0 bridgehead atoms. The maximum absolute atomic E-state index is 6.19. The Hall–Kier alpha value is -0.820. The molecule has 0 radical (unpaired) electrons. The molecule has 16 heavy (non-hydrogen) atoms. The minimum atomic E-state index is 0.00164. The molecule has 1 nitrogen and oxygen atoms in total. The van der Waals surface area contributed by atoms with Crippen molar-refractivity contribution in [2.75, 3.05) is 0 Å². The Labute approximate surface area is 99.0 Å². The Morgan fingerprint density at radius 2 is 1.56 bits per heavy atom. The summed E-state index contributed by atoms with van der Waals surface area (Å²) in [6.07, 6.45) is 5.16. The van der Waals surface area contributed by atoms with Crippen LogP contribution in [0.4, 0.5) is 0 Å². The van der Waals surface area contributed by atoms with E-state index >= 15 is 0 Å². The van der Waals surface area contributed by atoms with E-state index in [1.54, 1.807) is 0 Å². The molecule has 0 aromatic heterocycles. The minimum absolute atomic E-state index is 0.00164. The average molecular weight is 217 g/mol. The first-order valence-corrected chi connectivity index (χ1v) is 6.41. The van der Waals surface area contributed by atoms with Gasteiger partial charge in [-0.2, -0.15) is 0 Å². The molecule has 1 aliphatic rings. The summed E-state index contributed by atoms with van der Waals surface area (Å²) < 4.78 is 0. The van der Waals surface area contributed by atoms with Gasteiger partial charge in [0.15, 0.2) is 0 Å². The van der Waals surface area contributed by atoms with Crippen LogP contribution in [0.2, 0.25) is 0 Å². The quantitative estimate of drug-likeness (QED) is 0.803. The summed E-state index contributed by atoms with van der Waals surface area (Å²) in [6, 6.07) is 10.9. The first-order chi connectivity index (χ1) is 7.57. The van der Waals surface area contributed by atoms with E-state index in [-0.39, 0.29) is 5.54 Å². The molecule has 1 aromatic carbocycles. The van der Waals surface area contributed by atoms with Crippen molar-refractivity contribution in [1.29, 1.82) is 0 Å². The van der Waals surface area contributed by atoms with Crippen molar-refractivity contribution in [3.8, 4) is 0 Å². The van der Waals surface area contributed by atoms with Gasteiger partial charge in [-0.1, -0.05) is 30.3 Å². The van der Waals surface area contributed by atoms with Gasteiger partial charge in [0.05, 0.1) is 0 Å². The molecule has 1 aromatic rings. The number of hydrogen-bond acceptors (Lipinski definition) is 1. The monoisotopic (exact) mass is 217 g/mol. The van der Waals surface area contributed by atoms with Gasteiger partial charge in [-0.15, -0.1) is 0 Å². The van der Waals surface area contributed by atoms with Crippen molar-refractivity contribution in [2.45, 2.75) is 51.0 Å². The Kier molecular flexibility index (Phi) is 3.34. The van der Waals surface area contributed by atoms with E-state index in [0.29, 0.717) is 5.92 Å². The zero-order valence-corrected chi connectivity index (χ0v) is 10.4. The Balaban J connectivity index is 1.96. The molecule has 0 heterocycles. The van der Waals surface area contributed by atoms with E-state index < -0.39 is 0 Å². The van der Waals surface area contributed by atoms with Gasteiger partial charge in [-0.3, -0.25) is 0 Å². The van der Waals surface area contributed by atoms with Gasteiger partial charge in [-0.05, 0) is 56.9 Å². The molecule has 0 atom stereocenters. The molecule has 0 amide bonds. The van der Waals surface area contributed by atoms with Crippen molar-refractivity contribution < 1.29 is 0 Å². The van der Waals surface area contributed by atoms with E-state index in [1.165, 1.54) is 31.2 Å². The average Bonchev–Trinajstić information content (AvgIpc) is 2.29. The second-order valence-electron chi connectivity index (χ2n) is 5.78. The summed E-state index contributed by atoms with van der Waals surface area (Å²) in [6.45, 7) is 4.33. The van der Waals surface area contributed by atoms with E-state index in [2.05, 4.69) is 44.2 Å². The Morgan fingerprint density at radius 3 is 2.06 bits per heavy atom. The van der Waals surface area contributed by atoms with Crippen LogP contribution in [-0.4, -0.2) is 5.54 Å². The molecule has 0 saturated heterocycles. The molecule has 2 N–H and O–H groups in total. The van der Waals surface area contributed by atoms with Crippen molar-refractivity contribution >= 4 is 0 Å². The highest BCUT2D eigenvalue weighted by Gasteiger charge is 2.30. The summed E-state index contributed by atoms with van der Waals surface area (Å²) >= 11 is 0. The molecule has 0 spiro atoms. The molecular formula is C15H23N. The van der Waals surface area contributed by atoms with Crippen LogP contribution in [0.5, 0.6) is 0 Å². The van der Waals surface area contributed by atoms with Gasteiger partial charge >= 0.3 is 0 Å². The normalized spacial score (nSPS) is 26.7. The third-order valence-corrected chi connectivity index (χ3v) is 4.05. The standard InChI is InChI=1S/C15H23N/c1-15(2,16)14-10-8-13(9-11-14)12-6-4-3-5-7-12/h3-7,13-14H,8-11,16H2,1-2H3. The van der Waals surface area contributed by atoms with Crippen molar-refractivity contribution in [1.82, 2.24) is 0 Å². The maximum Gasteiger partial charge on any atom is 0.0125 e. The largest absolute Gasteiger partial charge is 0.325 e. The molecule has 0 aliphatic heterocycles. The Bertz CT molecular complexity index is 315. The van der Waals surface area contributed by atoms with Crippen LogP contribution in [0.3, 0.4) is 0 Å². The highest BCUT2D eigenvalue weighted by molar-refractivity contribution is 5.20. The van der Waals surface area contributed by atoms with Crippen molar-refractivity contribution in [2.24, 2.45) is 11.7 Å². The molecule has 1 fully saturated rings. The zero-order chi connectivity index (χ0) is 11.6. The van der Waals surface area contributed by atoms with Crippen LogP contribution >= 0.6 is 0 Å². The second-order valence-corrected chi connectivity index (χ2v) is 5.78. The third-order valence-electron chi connectivity index (χ3n) is 4.05. The number of rotatable bonds is 2. The Morgan fingerprint density at radius 1 is 1.00 bits per heavy atom. The molecular weight excluding hydrogens is 194 g/mol. The van der Waals surface area contributed by atoms with Crippen LogP contribution in [0.25, 0.3) is 0 Å². The third kappa shape index (κ3) is 2.65. The van der Waals surface area contributed by atoms with Crippen molar-refractivity contribution in [3.63, 3.8) is 0 Å². The zero-order valence-electron chi connectivity index (χ0n) is 10.4. The predicted octanol–water partition coefficient (Wildman–Crippen LogP) is 3.70. The molecule has 88 valence electrons. The minimum Gasteiger partial charge on any atom is -0.325 e. The van der Waals surface area contributed by atoms with Gasteiger partial charge in [0, 0.05) is 5.54 Å². The highest BCUT2D eigenvalue weighted by Crippen LogP contribution is 2.38. The van der Waals surface area contributed by atoms with Crippen molar-refractivity contribution in [3.05, 3.63) is 35.9 Å². The van der Waals surface area contributed by atoms with E-state index in [4.69, 9.17) is 5.73 Å². The lowest BCUT2D eigenvalue weighted by Crippen LogP contribution is -2.42. The second kappa shape index (κ2) is 4.58. The smallest absolute Gasteiger partial charge is 0.0125 e. The van der Waals surface area contributed by atoms with Gasteiger partial charge in [0.1, 0.15) is 0 Å². The lowest BCUT2D eigenvalue weighted by molar-refractivity contribution is 0.224. The SMILES string of the molecule is CC(C)(N)C1CCC(c2ccccc2)CC1. The number of hydrogen-bond donors (Lipinski definition) is 1. The summed E-state index contributed by atoms with van der Waals surface area (Å²) in [5, 5.41) is 0. The van der Waals surface area contributed by atoms with Gasteiger partial charge in [0.2, 0.25) is 0 Å². The topological polar surface area (TPSA) is 26.0 Å². The van der Waals surface area contributed by atoms with E-state index in [0.717, 1.165) is 5.92 Å². The number of nitrogens with two attached hydrogens (primary N) is 1. The van der Waals surface area contributed by atoms with Crippen LogP contribution in [0.1, 0.15) is 51.0 Å². The molecule has 0 unspecified atom stereocenters. The fourth-order valence-electron chi connectivity index (χ4n) is 2.90. The fourth-order valence-corrected chi connectivity index (χ4v) is 2.90. The summed E-state index contributed by atoms with van der Waals surface area (Å²) in [4.78, 5) is 0. The summed E-state index contributed by atoms with van der Waals surface area (Å²) in [5.41, 5.74) is 7.71. The van der Waals surface area contributed by atoms with Gasteiger partial charge < -0.3 is 5.73 Å². The summed E-state index contributed by atoms with van der Waals surface area (Å²) in [5.74, 6) is 1.47. The first-order valence-electron chi connectivity index (χ1n) is 6.41. The van der Waals surface area contributed by atoms with Crippen LogP contribution in [0.15, 0.2) is 30.3 Å². The fraction of sp³-hybridized carbons (Fsp3) is 0.600. The molecule has 1 aliphatic carbocycles. The van der Waals surface area contributed by atoms with Crippen LogP contribution in [-0.2, 0) is 0 Å². The molecule has 1 heteroatoms. The van der Waals surface area contributed by atoms with E-state index in [1.807, 2.05) is 0 Å². The predicted molar refractivity (Wildman–Crippen MR) is 69.4 cm³/mol. The lowest BCUT2D eigenvalue weighted by atomic mass is 9.72. The first kappa shape index (κ1) is 11.7. The van der Waals surface area contributed by atoms with Crippen LogP contribution in [0, 0.1) is 5.92 Å². The van der Waals surface area contributed by atoms with Gasteiger partial charge in [-0.25, -0.2) is 0 Å². The number of benzene rings is 1. The summed E-state index contributed by atoms with van der Waals surface area (Å²) in [7, 11) is 0. The lowest BCUT2D eigenvalue weighted by Gasteiger charge is -2.36. The molecule has 1 saturated carbocycles. The highest BCUT2D eigenvalue weighted by atomic mass is 14.7. The maximum atomic E-state index is 6.19.